The molecule has 0 bridgehead atoms. The maximum Gasteiger partial charge on any atom is 0.204 e. The SMILES string of the molecule is C=Cc1c(O)c(F)c(F)c(F)c1F. The maximum absolute atomic E-state index is 12.7. The molecule has 0 radical (unpaired) electrons. The van der Waals surface area contributed by atoms with Crippen LogP contribution in [0.4, 0.5) is 17.6 Å². The first-order chi connectivity index (χ1) is 6.00. The third-order valence-electron chi connectivity index (χ3n) is 1.48. The molecule has 5 heteroatoms. The van der Waals surface area contributed by atoms with Crippen LogP contribution in [-0.2, 0) is 0 Å². The topological polar surface area (TPSA) is 20.2 Å². The van der Waals surface area contributed by atoms with Crippen molar-refractivity contribution in [1.29, 1.82) is 0 Å². The summed E-state index contributed by atoms with van der Waals surface area (Å²) >= 11 is 0. The Labute approximate surface area is 70.9 Å². The van der Waals surface area contributed by atoms with E-state index in [1.807, 2.05) is 0 Å². The molecule has 0 aliphatic rings. The average molecular weight is 192 g/mol. The summed E-state index contributed by atoms with van der Waals surface area (Å²) in [5.74, 6) is -8.78. The second kappa shape index (κ2) is 3.08. The van der Waals surface area contributed by atoms with Crippen molar-refractivity contribution in [2.45, 2.75) is 0 Å². The highest BCUT2D eigenvalue weighted by molar-refractivity contribution is 5.56. The lowest BCUT2D eigenvalue weighted by Gasteiger charge is -2.04. The van der Waals surface area contributed by atoms with E-state index in [0.717, 1.165) is 0 Å². The smallest absolute Gasteiger partial charge is 0.204 e. The zero-order valence-electron chi connectivity index (χ0n) is 6.24. The van der Waals surface area contributed by atoms with Crippen LogP contribution >= 0.6 is 0 Å². The number of phenolic OH excluding ortho intramolecular Hbond substituents is 1. The minimum Gasteiger partial charge on any atom is -0.504 e. The normalized spacial score (nSPS) is 10.2. The molecule has 1 aromatic carbocycles. The molecule has 0 fully saturated rings. The molecule has 0 spiro atoms. The Balaban J connectivity index is 3.66. The highest BCUT2D eigenvalue weighted by Gasteiger charge is 2.23. The van der Waals surface area contributed by atoms with Gasteiger partial charge in [-0.05, 0) is 0 Å². The van der Waals surface area contributed by atoms with Gasteiger partial charge in [-0.15, -0.1) is 0 Å². The standard InChI is InChI=1S/C8H4F4O/c1-2-3-4(9)5(10)6(11)7(12)8(3)13/h2,13H,1H2. The molecule has 0 atom stereocenters. The number of benzene rings is 1. The molecule has 0 amide bonds. The fourth-order valence-electron chi connectivity index (χ4n) is 0.823. The van der Waals surface area contributed by atoms with Crippen LogP contribution in [0.1, 0.15) is 5.56 Å². The van der Waals surface area contributed by atoms with E-state index < -0.39 is 34.6 Å². The predicted molar refractivity (Wildman–Crippen MR) is 38.0 cm³/mol. The molecule has 1 N–H and O–H groups in total. The molecule has 13 heavy (non-hydrogen) atoms. The third kappa shape index (κ3) is 1.26. The second-order valence-electron chi connectivity index (χ2n) is 2.22. The monoisotopic (exact) mass is 192 g/mol. The molecule has 0 aliphatic heterocycles. The van der Waals surface area contributed by atoms with Gasteiger partial charge in [0, 0.05) is 0 Å². The lowest BCUT2D eigenvalue weighted by atomic mass is 10.1. The first-order valence-corrected chi connectivity index (χ1v) is 3.18. The van der Waals surface area contributed by atoms with Crippen molar-refractivity contribution in [2.75, 3.05) is 0 Å². The van der Waals surface area contributed by atoms with Crippen LogP contribution in [0.2, 0.25) is 0 Å². The van der Waals surface area contributed by atoms with Gasteiger partial charge < -0.3 is 5.11 Å². The first kappa shape index (κ1) is 9.57. The Morgan fingerprint density at radius 1 is 0.923 bits per heavy atom. The number of hydrogen-bond acceptors (Lipinski definition) is 1. The molecule has 70 valence electrons. The Hall–Kier alpha value is -1.52. The van der Waals surface area contributed by atoms with Gasteiger partial charge in [0.05, 0.1) is 5.56 Å². The average Bonchev–Trinajstić information content (AvgIpc) is 2.13. The van der Waals surface area contributed by atoms with Crippen molar-refractivity contribution in [2.24, 2.45) is 0 Å². The Morgan fingerprint density at radius 3 is 1.85 bits per heavy atom. The van der Waals surface area contributed by atoms with E-state index in [0.29, 0.717) is 6.08 Å². The highest BCUT2D eigenvalue weighted by atomic mass is 19.2. The summed E-state index contributed by atoms with van der Waals surface area (Å²) in [6, 6.07) is 0. The molecule has 0 aliphatic carbocycles. The van der Waals surface area contributed by atoms with E-state index in [-0.39, 0.29) is 0 Å². The van der Waals surface area contributed by atoms with Crippen molar-refractivity contribution in [1.82, 2.24) is 0 Å². The zero-order valence-corrected chi connectivity index (χ0v) is 6.24. The summed E-state index contributed by atoms with van der Waals surface area (Å²) in [7, 11) is 0. The van der Waals surface area contributed by atoms with Crippen molar-refractivity contribution < 1.29 is 22.7 Å². The summed E-state index contributed by atoms with van der Waals surface area (Å²) in [5, 5.41) is 8.79. The van der Waals surface area contributed by atoms with E-state index >= 15 is 0 Å². The summed E-state index contributed by atoms with van der Waals surface area (Å²) in [6.07, 6.45) is 0.691. The van der Waals surface area contributed by atoms with Crippen LogP contribution in [-0.4, -0.2) is 5.11 Å². The summed E-state index contributed by atoms with van der Waals surface area (Å²) in [5.41, 5.74) is -0.795. The van der Waals surface area contributed by atoms with Gasteiger partial charge in [0.15, 0.2) is 17.4 Å². The Morgan fingerprint density at radius 2 is 1.38 bits per heavy atom. The predicted octanol–water partition coefficient (Wildman–Crippen LogP) is 2.59. The highest BCUT2D eigenvalue weighted by Crippen LogP contribution is 2.29. The van der Waals surface area contributed by atoms with Gasteiger partial charge in [-0.2, -0.15) is 4.39 Å². The van der Waals surface area contributed by atoms with E-state index in [1.54, 1.807) is 0 Å². The molecular weight excluding hydrogens is 188 g/mol. The van der Waals surface area contributed by atoms with Crippen LogP contribution in [0.5, 0.6) is 5.75 Å². The maximum atomic E-state index is 12.7. The van der Waals surface area contributed by atoms with Gasteiger partial charge in [-0.1, -0.05) is 12.7 Å². The lowest BCUT2D eigenvalue weighted by Crippen LogP contribution is -1.99. The van der Waals surface area contributed by atoms with E-state index in [9.17, 15) is 17.6 Å². The molecule has 0 heterocycles. The van der Waals surface area contributed by atoms with Gasteiger partial charge in [0.2, 0.25) is 11.6 Å². The summed E-state index contributed by atoms with van der Waals surface area (Å²) in [4.78, 5) is 0. The van der Waals surface area contributed by atoms with Crippen molar-refractivity contribution in [3.05, 3.63) is 35.4 Å². The molecule has 1 nitrogen and oxygen atoms in total. The zero-order chi connectivity index (χ0) is 10.2. The van der Waals surface area contributed by atoms with Gasteiger partial charge in [-0.25, -0.2) is 13.2 Å². The van der Waals surface area contributed by atoms with Crippen molar-refractivity contribution in [3.8, 4) is 5.75 Å². The fourth-order valence-corrected chi connectivity index (χ4v) is 0.823. The molecule has 0 saturated heterocycles. The Kier molecular flexibility index (Phi) is 2.27. The number of phenols is 1. The molecule has 0 unspecified atom stereocenters. The van der Waals surface area contributed by atoms with Gasteiger partial charge in [0.25, 0.3) is 0 Å². The number of halogens is 4. The molecule has 0 aromatic heterocycles. The van der Waals surface area contributed by atoms with Crippen LogP contribution in [0.3, 0.4) is 0 Å². The quantitative estimate of drug-likeness (QED) is 0.412. The minimum atomic E-state index is -2.04. The van der Waals surface area contributed by atoms with Gasteiger partial charge in [0.1, 0.15) is 0 Å². The second-order valence-corrected chi connectivity index (χ2v) is 2.22. The molecule has 1 rings (SSSR count). The van der Waals surface area contributed by atoms with Crippen LogP contribution in [0, 0.1) is 23.3 Å². The molecule has 0 saturated carbocycles. The fraction of sp³-hybridized carbons (Fsp3) is 0. The molecular formula is C8H4F4O. The van der Waals surface area contributed by atoms with Gasteiger partial charge in [-0.3, -0.25) is 0 Å². The van der Waals surface area contributed by atoms with Crippen LogP contribution in [0.15, 0.2) is 6.58 Å². The number of hydrogen-bond donors (Lipinski definition) is 1. The van der Waals surface area contributed by atoms with Crippen LogP contribution in [0.25, 0.3) is 6.08 Å². The van der Waals surface area contributed by atoms with E-state index in [2.05, 4.69) is 6.58 Å². The Bertz CT molecular complexity index is 344. The first-order valence-electron chi connectivity index (χ1n) is 3.18. The van der Waals surface area contributed by atoms with E-state index in [4.69, 9.17) is 5.11 Å². The minimum absolute atomic E-state index is 0.691. The summed E-state index contributed by atoms with van der Waals surface area (Å²) < 4.78 is 50.1. The number of aromatic hydroxyl groups is 1. The van der Waals surface area contributed by atoms with E-state index in [1.165, 1.54) is 0 Å². The third-order valence-corrected chi connectivity index (χ3v) is 1.48. The lowest BCUT2D eigenvalue weighted by molar-refractivity contribution is 0.363. The van der Waals surface area contributed by atoms with Gasteiger partial charge >= 0.3 is 0 Å². The van der Waals surface area contributed by atoms with Crippen LogP contribution < -0.4 is 0 Å². The molecule has 1 aromatic rings. The summed E-state index contributed by atoms with van der Waals surface area (Å²) in [6.45, 7) is 3.01. The van der Waals surface area contributed by atoms with Crippen molar-refractivity contribution >= 4 is 6.08 Å². The largest absolute Gasteiger partial charge is 0.504 e. The van der Waals surface area contributed by atoms with Crippen molar-refractivity contribution in [3.63, 3.8) is 0 Å². The number of rotatable bonds is 1.